The average molecular weight is 328 g/mol. The molecule has 0 unspecified atom stereocenters. The Balaban J connectivity index is 2.28. The number of hydrogen-bond acceptors (Lipinski definition) is 6. The van der Waals surface area contributed by atoms with Crippen LogP contribution in [0.25, 0.3) is 0 Å². The molecule has 0 saturated heterocycles. The molecule has 0 saturated carbocycles. The van der Waals surface area contributed by atoms with Crippen LogP contribution < -0.4 is 5.73 Å². The van der Waals surface area contributed by atoms with Crippen molar-refractivity contribution >= 4 is 17.7 Å². The van der Waals surface area contributed by atoms with E-state index in [4.69, 9.17) is 10.5 Å². The van der Waals surface area contributed by atoms with Gasteiger partial charge in [-0.3, -0.25) is 4.79 Å². The maximum atomic E-state index is 12.7. The monoisotopic (exact) mass is 328 g/mol. The van der Waals surface area contributed by atoms with Gasteiger partial charge >= 0.3 is 6.09 Å². The van der Waals surface area contributed by atoms with E-state index in [-0.39, 0.29) is 12.1 Å². The van der Waals surface area contributed by atoms with Gasteiger partial charge < -0.3 is 10.5 Å². The largest absolute Gasteiger partial charge is 0.443 e. The Bertz CT molecular complexity index is 709. The molecule has 1 aromatic carbocycles. The van der Waals surface area contributed by atoms with E-state index in [1.165, 1.54) is 18.7 Å². The third-order valence-electron chi connectivity index (χ3n) is 2.99. The van der Waals surface area contributed by atoms with Gasteiger partial charge in [-0.2, -0.15) is 0 Å². The first-order chi connectivity index (χ1) is 11.3. The first-order valence-corrected chi connectivity index (χ1v) is 7.40. The van der Waals surface area contributed by atoms with Gasteiger partial charge in [-0.1, -0.05) is 12.1 Å². The lowest BCUT2D eigenvalue weighted by Gasteiger charge is -2.26. The molecule has 2 rings (SSSR count). The molecule has 0 aliphatic rings. The standard InChI is InChI=1S/C17H20N4O3/c1-17(2,3)24-16(23)21(10-12-4-6-14(18)7-5-12)15(22)13-8-19-11-20-9-13/h4-9,11H,10,18H2,1-3H3. The van der Waals surface area contributed by atoms with Crippen LogP contribution in [-0.4, -0.2) is 32.5 Å². The Morgan fingerprint density at radius 2 is 1.71 bits per heavy atom. The predicted octanol–water partition coefficient (Wildman–Crippen LogP) is 2.64. The molecular formula is C17H20N4O3. The summed E-state index contributed by atoms with van der Waals surface area (Å²) in [5, 5.41) is 0. The van der Waals surface area contributed by atoms with E-state index in [2.05, 4.69) is 9.97 Å². The molecule has 0 aliphatic carbocycles. The maximum Gasteiger partial charge on any atom is 0.417 e. The number of nitrogen functional groups attached to an aromatic ring is 1. The fraction of sp³-hybridized carbons (Fsp3) is 0.294. The number of nitrogens with two attached hydrogens (primary N) is 1. The first kappa shape index (κ1) is 17.4. The average Bonchev–Trinajstić information content (AvgIpc) is 2.53. The number of rotatable bonds is 3. The van der Waals surface area contributed by atoms with E-state index in [9.17, 15) is 9.59 Å². The zero-order valence-corrected chi connectivity index (χ0v) is 13.9. The fourth-order valence-electron chi connectivity index (χ4n) is 1.91. The third-order valence-corrected chi connectivity index (χ3v) is 2.99. The zero-order valence-electron chi connectivity index (χ0n) is 13.9. The number of carbonyl (C=O) groups excluding carboxylic acids is 2. The van der Waals surface area contributed by atoms with Gasteiger partial charge in [-0.25, -0.2) is 19.7 Å². The second kappa shape index (κ2) is 7.08. The normalized spacial score (nSPS) is 11.0. The molecule has 0 fully saturated rings. The Morgan fingerprint density at radius 3 is 2.25 bits per heavy atom. The van der Waals surface area contributed by atoms with Gasteiger partial charge in [0.2, 0.25) is 0 Å². The van der Waals surface area contributed by atoms with Crippen LogP contribution >= 0.6 is 0 Å². The molecule has 2 amide bonds. The number of hydrogen-bond donors (Lipinski definition) is 1. The minimum Gasteiger partial charge on any atom is -0.443 e. The third kappa shape index (κ3) is 4.77. The van der Waals surface area contributed by atoms with Crippen molar-refractivity contribution in [3.05, 3.63) is 54.1 Å². The smallest absolute Gasteiger partial charge is 0.417 e. The Labute approximate surface area is 140 Å². The zero-order chi connectivity index (χ0) is 17.7. The molecule has 1 aromatic heterocycles. The van der Waals surface area contributed by atoms with Crippen molar-refractivity contribution in [2.75, 3.05) is 5.73 Å². The van der Waals surface area contributed by atoms with Crippen LogP contribution in [-0.2, 0) is 11.3 Å². The van der Waals surface area contributed by atoms with Crippen molar-refractivity contribution in [1.82, 2.24) is 14.9 Å². The van der Waals surface area contributed by atoms with Crippen molar-refractivity contribution in [2.45, 2.75) is 32.9 Å². The van der Waals surface area contributed by atoms with Crippen LogP contribution in [0.15, 0.2) is 43.0 Å². The van der Waals surface area contributed by atoms with E-state index >= 15 is 0 Å². The van der Waals surface area contributed by atoms with Gasteiger partial charge in [0.1, 0.15) is 11.9 Å². The van der Waals surface area contributed by atoms with Crippen LogP contribution in [0.3, 0.4) is 0 Å². The lowest BCUT2D eigenvalue weighted by molar-refractivity contribution is 0.0227. The molecular weight excluding hydrogens is 308 g/mol. The summed E-state index contributed by atoms with van der Waals surface area (Å²) >= 11 is 0. The number of carbonyl (C=O) groups is 2. The topological polar surface area (TPSA) is 98.4 Å². The highest BCUT2D eigenvalue weighted by Crippen LogP contribution is 2.16. The predicted molar refractivity (Wildman–Crippen MR) is 89.0 cm³/mol. The fourth-order valence-corrected chi connectivity index (χ4v) is 1.91. The highest BCUT2D eigenvalue weighted by atomic mass is 16.6. The molecule has 1 heterocycles. The van der Waals surface area contributed by atoms with Crippen LogP contribution in [0.5, 0.6) is 0 Å². The second-order valence-corrected chi connectivity index (χ2v) is 6.24. The van der Waals surface area contributed by atoms with E-state index in [1.54, 1.807) is 45.0 Å². The van der Waals surface area contributed by atoms with Gasteiger partial charge in [0, 0.05) is 18.1 Å². The lowest BCUT2D eigenvalue weighted by atomic mass is 10.2. The summed E-state index contributed by atoms with van der Waals surface area (Å²) in [6.07, 6.45) is 3.30. The number of ether oxygens (including phenoxy) is 1. The number of nitrogens with zero attached hydrogens (tertiary/aromatic N) is 3. The Hall–Kier alpha value is -2.96. The van der Waals surface area contributed by atoms with Crippen molar-refractivity contribution in [1.29, 1.82) is 0 Å². The van der Waals surface area contributed by atoms with E-state index in [0.29, 0.717) is 5.69 Å². The molecule has 126 valence electrons. The van der Waals surface area contributed by atoms with Crippen molar-refractivity contribution in [2.24, 2.45) is 0 Å². The first-order valence-electron chi connectivity index (χ1n) is 7.40. The SMILES string of the molecule is CC(C)(C)OC(=O)N(Cc1ccc(N)cc1)C(=O)c1cncnc1. The summed E-state index contributed by atoms with van der Waals surface area (Å²) in [6.45, 7) is 5.27. The molecule has 24 heavy (non-hydrogen) atoms. The minimum atomic E-state index is -0.729. The van der Waals surface area contributed by atoms with Crippen LogP contribution in [0.4, 0.5) is 10.5 Å². The maximum absolute atomic E-state index is 12.7. The Morgan fingerprint density at radius 1 is 1.12 bits per heavy atom. The van der Waals surface area contributed by atoms with Gasteiger partial charge in [-0.15, -0.1) is 0 Å². The molecule has 0 radical (unpaired) electrons. The molecule has 2 N–H and O–H groups in total. The number of anilines is 1. The number of imide groups is 1. The summed E-state index contributed by atoms with van der Waals surface area (Å²) in [4.78, 5) is 33.8. The summed E-state index contributed by atoms with van der Waals surface area (Å²) in [5.74, 6) is -0.526. The summed E-state index contributed by atoms with van der Waals surface area (Å²) in [5.41, 5.74) is 6.50. The molecule has 7 heteroatoms. The van der Waals surface area contributed by atoms with Crippen LogP contribution in [0, 0.1) is 0 Å². The Kier molecular flexibility index (Phi) is 5.13. The van der Waals surface area contributed by atoms with E-state index in [1.807, 2.05) is 0 Å². The summed E-state index contributed by atoms with van der Waals surface area (Å²) < 4.78 is 5.34. The van der Waals surface area contributed by atoms with Crippen LogP contribution in [0.1, 0.15) is 36.7 Å². The molecule has 7 nitrogen and oxygen atoms in total. The highest BCUT2D eigenvalue weighted by Gasteiger charge is 2.28. The lowest BCUT2D eigenvalue weighted by Crippen LogP contribution is -2.40. The van der Waals surface area contributed by atoms with Gasteiger partial charge in [0.15, 0.2) is 0 Å². The van der Waals surface area contributed by atoms with Gasteiger partial charge in [0.25, 0.3) is 5.91 Å². The number of benzene rings is 1. The summed E-state index contributed by atoms with van der Waals surface area (Å²) in [7, 11) is 0. The van der Waals surface area contributed by atoms with Crippen molar-refractivity contribution < 1.29 is 14.3 Å². The molecule has 0 atom stereocenters. The van der Waals surface area contributed by atoms with Gasteiger partial charge in [-0.05, 0) is 38.5 Å². The second-order valence-electron chi connectivity index (χ2n) is 6.24. The molecule has 0 spiro atoms. The van der Waals surface area contributed by atoms with Gasteiger partial charge in [0.05, 0.1) is 12.1 Å². The molecule has 0 aliphatic heterocycles. The summed E-state index contributed by atoms with van der Waals surface area (Å²) in [6, 6.07) is 6.92. The minimum absolute atomic E-state index is 0.0585. The van der Waals surface area contributed by atoms with Crippen molar-refractivity contribution in [3.63, 3.8) is 0 Å². The molecule has 0 bridgehead atoms. The van der Waals surface area contributed by atoms with Crippen LogP contribution in [0.2, 0.25) is 0 Å². The van der Waals surface area contributed by atoms with E-state index in [0.717, 1.165) is 10.5 Å². The quantitative estimate of drug-likeness (QED) is 0.870. The highest BCUT2D eigenvalue weighted by molar-refractivity contribution is 6.02. The van der Waals surface area contributed by atoms with E-state index < -0.39 is 17.6 Å². The molecule has 2 aromatic rings. The number of aromatic nitrogens is 2. The van der Waals surface area contributed by atoms with Crippen molar-refractivity contribution in [3.8, 4) is 0 Å². The number of amides is 2.